The van der Waals surface area contributed by atoms with Gasteiger partial charge in [0.1, 0.15) is 11.4 Å². The van der Waals surface area contributed by atoms with Crippen LogP contribution in [0.3, 0.4) is 0 Å². The Morgan fingerprint density at radius 2 is 1.26 bits per heavy atom. The quantitative estimate of drug-likeness (QED) is 0.259. The summed E-state index contributed by atoms with van der Waals surface area (Å²) in [5.74, 6) is -1.12. The van der Waals surface area contributed by atoms with Crippen LogP contribution in [-0.4, -0.2) is 45.5 Å². The summed E-state index contributed by atoms with van der Waals surface area (Å²) in [6.45, 7) is 3.94. The van der Waals surface area contributed by atoms with E-state index in [2.05, 4.69) is 25.6 Å². The molecule has 4 N–H and O–H groups in total. The molecule has 0 spiro atoms. The molecule has 0 amide bonds. The number of aromatic nitrogens is 4. The fourth-order valence-electron chi connectivity index (χ4n) is 3.09. The van der Waals surface area contributed by atoms with E-state index in [1.807, 2.05) is 48.5 Å². The fourth-order valence-corrected chi connectivity index (χ4v) is 3.09. The number of hydrogen-bond donors (Lipinski definition) is 3. The number of anilines is 1. The fraction of sp³-hybridized carbons (Fsp3) is 0.167. The number of carbonyl (C=O) groups is 2. The van der Waals surface area contributed by atoms with Gasteiger partial charge in [-0.15, -0.1) is 4.91 Å². The molecule has 2 heterocycles. The van der Waals surface area contributed by atoms with Crippen molar-refractivity contribution in [2.45, 2.75) is 13.8 Å². The number of hydrogen-bond acceptors (Lipinski definition) is 9. The highest BCUT2D eigenvalue weighted by molar-refractivity contribution is 5.97. The SMILES string of the molecule is CCOC(=O)c1[nH]nc(-c2ccccc2)c1N.CCOC(=O)c1[nH]nc(-c2ccccc2)c1N=O. The average Bonchev–Trinajstić information content (AvgIpc) is 3.49. The number of nitrogens with zero attached hydrogens (tertiary/aromatic N) is 3. The molecule has 180 valence electrons. The lowest BCUT2D eigenvalue weighted by Crippen LogP contribution is -2.07. The topological polar surface area (TPSA) is 165 Å². The van der Waals surface area contributed by atoms with Crippen LogP contribution in [0.1, 0.15) is 34.8 Å². The second-order valence-electron chi connectivity index (χ2n) is 6.92. The number of carbonyl (C=O) groups excluding carboxylic acids is 2. The molecule has 4 rings (SSSR count). The number of ether oxygens (including phenoxy) is 2. The maximum absolute atomic E-state index is 11.6. The molecule has 0 aliphatic rings. The molecule has 2 aromatic carbocycles. The smallest absolute Gasteiger partial charge is 0.358 e. The minimum Gasteiger partial charge on any atom is -0.461 e. The summed E-state index contributed by atoms with van der Waals surface area (Å²) in [4.78, 5) is 34.0. The highest BCUT2D eigenvalue weighted by atomic mass is 16.5. The second-order valence-corrected chi connectivity index (χ2v) is 6.92. The number of nitrogens with two attached hydrogens (primary N) is 1. The Balaban J connectivity index is 0.000000196. The molecule has 0 saturated carbocycles. The van der Waals surface area contributed by atoms with Gasteiger partial charge in [0.25, 0.3) is 0 Å². The molecule has 0 fully saturated rings. The Bertz CT molecular complexity index is 1280. The average molecular weight is 476 g/mol. The van der Waals surface area contributed by atoms with Gasteiger partial charge in [0.15, 0.2) is 17.1 Å². The predicted octanol–water partition coefficient (Wildman–Crippen LogP) is 4.49. The van der Waals surface area contributed by atoms with E-state index < -0.39 is 11.9 Å². The Labute approximate surface area is 200 Å². The van der Waals surface area contributed by atoms with Gasteiger partial charge in [-0.1, -0.05) is 60.7 Å². The van der Waals surface area contributed by atoms with E-state index in [4.69, 9.17) is 15.2 Å². The van der Waals surface area contributed by atoms with Crippen LogP contribution < -0.4 is 5.73 Å². The maximum Gasteiger partial charge on any atom is 0.358 e. The lowest BCUT2D eigenvalue weighted by atomic mass is 10.1. The van der Waals surface area contributed by atoms with Crippen LogP contribution in [0.15, 0.2) is 65.8 Å². The number of esters is 2. The third kappa shape index (κ3) is 5.77. The molecule has 0 unspecified atom stereocenters. The highest BCUT2D eigenvalue weighted by Gasteiger charge is 2.22. The van der Waals surface area contributed by atoms with Crippen molar-refractivity contribution in [1.82, 2.24) is 20.4 Å². The summed E-state index contributed by atoms with van der Waals surface area (Å²) < 4.78 is 9.68. The van der Waals surface area contributed by atoms with Crippen LogP contribution >= 0.6 is 0 Å². The normalized spacial score (nSPS) is 10.1. The molecule has 0 saturated heterocycles. The summed E-state index contributed by atoms with van der Waals surface area (Å²) in [6.07, 6.45) is 0. The summed E-state index contributed by atoms with van der Waals surface area (Å²) >= 11 is 0. The van der Waals surface area contributed by atoms with Gasteiger partial charge in [-0.2, -0.15) is 10.2 Å². The molecule has 35 heavy (non-hydrogen) atoms. The Kier molecular flexibility index (Phi) is 8.43. The van der Waals surface area contributed by atoms with E-state index >= 15 is 0 Å². The molecule has 2 aromatic heterocycles. The van der Waals surface area contributed by atoms with Crippen LogP contribution in [0.2, 0.25) is 0 Å². The Morgan fingerprint density at radius 3 is 1.77 bits per heavy atom. The lowest BCUT2D eigenvalue weighted by molar-refractivity contribution is 0.0511. The molecule has 11 heteroatoms. The lowest BCUT2D eigenvalue weighted by Gasteiger charge is -2.00. The van der Waals surface area contributed by atoms with Crippen LogP contribution in [0.4, 0.5) is 11.4 Å². The molecule has 0 radical (unpaired) electrons. The van der Waals surface area contributed by atoms with Crippen molar-refractivity contribution in [1.29, 1.82) is 0 Å². The van der Waals surface area contributed by atoms with Gasteiger partial charge in [-0.25, -0.2) is 9.59 Å². The first-order valence-corrected chi connectivity index (χ1v) is 10.7. The molecule has 0 aliphatic heterocycles. The number of nitrogens with one attached hydrogen (secondary N) is 2. The van der Waals surface area contributed by atoms with E-state index in [9.17, 15) is 14.5 Å². The van der Waals surface area contributed by atoms with Gasteiger partial charge in [0.2, 0.25) is 0 Å². The van der Waals surface area contributed by atoms with E-state index in [1.165, 1.54) is 0 Å². The minimum atomic E-state index is -0.637. The van der Waals surface area contributed by atoms with Gasteiger partial charge in [0.05, 0.1) is 18.9 Å². The number of nitrogen functional groups attached to an aromatic ring is 1. The first-order chi connectivity index (χ1) is 17.0. The number of benzene rings is 2. The second kappa shape index (κ2) is 11.9. The van der Waals surface area contributed by atoms with Gasteiger partial charge in [0, 0.05) is 11.1 Å². The molecule has 0 bridgehead atoms. The van der Waals surface area contributed by atoms with Crippen LogP contribution in [-0.2, 0) is 9.47 Å². The number of nitroso groups, excluding NO2 is 1. The van der Waals surface area contributed by atoms with E-state index in [1.54, 1.807) is 26.0 Å². The zero-order valence-electron chi connectivity index (χ0n) is 19.1. The van der Waals surface area contributed by atoms with Crippen molar-refractivity contribution in [3.8, 4) is 22.5 Å². The third-order valence-corrected chi connectivity index (χ3v) is 4.69. The molecular weight excluding hydrogens is 452 g/mol. The number of H-pyrrole nitrogens is 2. The zero-order valence-corrected chi connectivity index (χ0v) is 19.1. The zero-order chi connectivity index (χ0) is 25.2. The Hall–Kier alpha value is -4.80. The molecule has 0 atom stereocenters. The predicted molar refractivity (Wildman–Crippen MR) is 130 cm³/mol. The Morgan fingerprint density at radius 1 is 0.800 bits per heavy atom. The van der Waals surface area contributed by atoms with Crippen molar-refractivity contribution in [2.75, 3.05) is 18.9 Å². The summed E-state index contributed by atoms with van der Waals surface area (Å²) in [6, 6.07) is 18.4. The monoisotopic (exact) mass is 476 g/mol. The maximum atomic E-state index is 11.6. The molecular formula is C24H24N6O5. The van der Waals surface area contributed by atoms with Crippen molar-refractivity contribution < 1.29 is 19.1 Å². The van der Waals surface area contributed by atoms with Crippen molar-refractivity contribution in [3.63, 3.8) is 0 Å². The summed E-state index contributed by atoms with van der Waals surface area (Å²) in [7, 11) is 0. The first kappa shape index (κ1) is 24.8. The largest absolute Gasteiger partial charge is 0.461 e. The highest BCUT2D eigenvalue weighted by Crippen LogP contribution is 2.31. The van der Waals surface area contributed by atoms with Crippen molar-refractivity contribution in [2.24, 2.45) is 5.18 Å². The number of rotatable bonds is 7. The van der Waals surface area contributed by atoms with E-state index in [-0.39, 0.29) is 23.7 Å². The molecule has 11 nitrogen and oxygen atoms in total. The van der Waals surface area contributed by atoms with Gasteiger partial charge < -0.3 is 15.2 Å². The van der Waals surface area contributed by atoms with Crippen LogP contribution in [0.5, 0.6) is 0 Å². The summed E-state index contributed by atoms with van der Waals surface area (Å²) in [5, 5.41) is 15.9. The number of aromatic amines is 2. The van der Waals surface area contributed by atoms with Gasteiger partial charge in [-0.05, 0) is 19.0 Å². The summed E-state index contributed by atoms with van der Waals surface area (Å²) in [5.41, 5.74) is 8.81. The van der Waals surface area contributed by atoms with Crippen LogP contribution in [0, 0.1) is 4.91 Å². The molecule has 0 aliphatic carbocycles. The van der Waals surface area contributed by atoms with Crippen molar-refractivity contribution >= 4 is 23.3 Å². The van der Waals surface area contributed by atoms with Gasteiger partial charge in [-0.3, -0.25) is 10.2 Å². The van der Waals surface area contributed by atoms with E-state index in [0.717, 1.165) is 5.56 Å². The van der Waals surface area contributed by atoms with Crippen molar-refractivity contribution in [3.05, 3.63) is 77.0 Å². The molecule has 4 aromatic rings. The van der Waals surface area contributed by atoms with Gasteiger partial charge >= 0.3 is 11.9 Å². The first-order valence-electron chi connectivity index (χ1n) is 10.7. The van der Waals surface area contributed by atoms with E-state index in [0.29, 0.717) is 29.2 Å². The minimum absolute atomic E-state index is 0.0225. The standard InChI is InChI=1S/C12H11N3O3.C12H13N3O2/c1-2-18-12(16)11-10(15-17)9(13-14-11)8-6-4-3-5-7-8;1-2-17-12(16)11-9(13)10(14-15-11)8-6-4-3-5-7-8/h3-7H,2H2,1H3,(H,13,14);3-7H,2,13H2,1H3,(H,14,15). The van der Waals surface area contributed by atoms with Crippen LogP contribution in [0.25, 0.3) is 22.5 Å². The third-order valence-electron chi connectivity index (χ3n) is 4.69.